The van der Waals surface area contributed by atoms with Crippen molar-refractivity contribution in [2.75, 3.05) is 5.75 Å². The summed E-state index contributed by atoms with van der Waals surface area (Å²) in [5.41, 5.74) is 1.05. The van der Waals surface area contributed by atoms with E-state index < -0.39 is 16.2 Å². The molecule has 2 N–H and O–H groups in total. The Morgan fingerprint density at radius 2 is 2.00 bits per heavy atom. The van der Waals surface area contributed by atoms with E-state index >= 15 is 0 Å². The molecule has 17 heavy (non-hydrogen) atoms. The molecule has 0 aromatic carbocycles. The fourth-order valence-electron chi connectivity index (χ4n) is 1.67. The minimum Gasteiger partial charge on any atom is -0.549 e. The van der Waals surface area contributed by atoms with E-state index in [1.807, 2.05) is 6.08 Å². The van der Waals surface area contributed by atoms with Crippen LogP contribution in [0.25, 0.3) is 0 Å². The first kappa shape index (κ1) is 14.9. The van der Waals surface area contributed by atoms with Crippen molar-refractivity contribution in [3.63, 3.8) is 0 Å². The lowest BCUT2D eigenvalue weighted by atomic mass is 9.87. The highest BCUT2D eigenvalue weighted by molar-refractivity contribution is 8.05. The summed E-state index contributed by atoms with van der Waals surface area (Å²) in [4.78, 5) is 0.607. The van der Waals surface area contributed by atoms with Crippen molar-refractivity contribution in [2.24, 2.45) is 5.41 Å². The van der Waals surface area contributed by atoms with Gasteiger partial charge in [0.1, 0.15) is 0 Å². The molecule has 0 aromatic heterocycles. The van der Waals surface area contributed by atoms with Gasteiger partial charge in [0.15, 0.2) is 0 Å². The molecule has 1 heterocycles. The molecule has 0 saturated carbocycles. The molecule has 0 fully saturated rings. The Hall–Kier alpha value is -0.168. The van der Waals surface area contributed by atoms with Gasteiger partial charge in [0, 0.05) is 16.0 Å². The van der Waals surface area contributed by atoms with Gasteiger partial charge in [0.2, 0.25) is 9.04 Å². The summed E-state index contributed by atoms with van der Waals surface area (Å²) in [5.74, 6) is 1.77. The lowest BCUT2D eigenvalue weighted by molar-refractivity contribution is 0.294. The maximum absolute atomic E-state index is 9.15. The predicted octanol–water partition coefficient (Wildman–Crippen LogP) is 1.93. The van der Waals surface area contributed by atoms with Gasteiger partial charge >= 0.3 is 7.12 Å². The molecule has 1 rings (SSSR count). The van der Waals surface area contributed by atoms with Crippen molar-refractivity contribution in [3.8, 4) is 0 Å². The second-order valence-corrected chi connectivity index (χ2v) is 8.86. The molecule has 0 atom stereocenters. The second kappa shape index (κ2) is 5.65. The summed E-state index contributed by atoms with van der Waals surface area (Å²) in [6.45, 7) is 10.6. The number of allylic oxidation sites excluding steroid dienone is 2. The van der Waals surface area contributed by atoms with Gasteiger partial charge in [-0.1, -0.05) is 20.8 Å². The fourth-order valence-corrected chi connectivity index (χ4v) is 3.55. The van der Waals surface area contributed by atoms with Crippen LogP contribution in [-0.4, -0.2) is 32.0 Å². The van der Waals surface area contributed by atoms with E-state index in [9.17, 15) is 0 Å². The van der Waals surface area contributed by atoms with E-state index in [1.165, 1.54) is 11.8 Å². The van der Waals surface area contributed by atoms with Crippen LogP contribution >= 0.6 is 11.8 Å². The molecule has 0 spiro atoms. The highest BCUT2D eigenvalue weighted by atomic mass is 32.2. The minimum atomic E-state index is -1.37. The van der Waals surface area contributed by atoms with Crippen molar-refractivity contribution in [1.82, 2.24) is 0 Å². The summed E-state index contributed by atoms with van der Waals surface area (Å²) < 4.78 is 6.02. The van der Waals surface area contributed by atoms with Crippen LogP contribution < -0.4 is 0 Å². The molecule has 1 aliphatic rings. The third kappa shape index (κ3) is 4.21. The van der Waals surface area contributed by atoms with Crippen LogP contribution in [0.4, 0.5) is 0 Å². The summed E-state index contributed by atoms with van der Waals surface area (Å²) in [5, 5.41) is 18.3. The molecular formula is C11H21BO3SSi. The molecule has 1 aliphatic heterocycles. The van der Waals surface area contributed by atoms with Gasteiger partial charge in [0.05, 0.1) is 5.76 Å². The van der Waals surface area contributed by atoms with Gasteiger partial charge < -0.3 is 14.5 Å². The normalized spacial score (nSPS) is 19.4. The molecule has 0 aromatic rings. The van der Waals surface area contributed by atoms with E-state index in [0.29, 0.717) is 4.80 Å². The molecule has 0 unspecified atom stereocenters. The molecule has 0 saturated heterocycles. The zero-order valence-electron chi connectivity index (χ0n) is 11.2. The van der Waals surface area contributed by atoms with Gasteiger partial charge in [-0.15, -0.1) is 11.8 Å². The van der Waals surface area contributed by atoms with Crippen LogP contribution in [0.3, 0.4) is 0 Å². The molecule has 0 amide bonds. The molecular weight excluding hydrogens is 251 g/mol. The highest BCUT2D eigenvalue weighted by Gasteiger charge is 2.28. The first-order chi connectivity index (χ1) is 7.71. The molecule has 96 valence electrons. The molecule has 0 aliphatic carbocycles. The Kier molecular flexibility index (Phi) is 4.95. The third-order valence-corrected chi connectivity index (χ3v) is 4.12. The summed E-state index contributed by atoms with van der Waals surface area (Å²) in [6, 6.07) is 0. The van der Waals surface area contributed by atoms with E-state index in [1.54, 1.807) is 0 Å². The van der Waals surface area contributed by atoms with Crippen molar-refractivity contribution >= 4 is 27.9 Å². The summed E-state index contributed by atoms with van der Waals surface area (Å²) >= 11 is 1.47. The Balaban J connectivity index is 3.05. The first-order valence-electron chi connectivity index (χ1n) is 5.82. The lowest BCUT2D eigenvalue weighted by Crippen LogP contribution is -2.20. The maximum Gasteiger partial charge on any atom is 0.495 e. The first-order valence-corrected chi connectivity index (χ1v) is 9.59. The Bertz CT molecular complexity index is 345. The smallest absolute Gasteiger partial charge is 0.495 e. The van der Waals surface area contributed by atoms with Gasteiger partial charge in [-0.2, -0.15) is 0 Å². The lowest BCUT2D eigenvalue weighted by Gasteiger charge is -2.27. The SMILES string of the molecule is C[SiH](C)OC(=C1C=C(B(O)O)SC1)C(C)(C)C. The van der Waals surface area contributed by atoms with Crippen LogP contribution in [0.1, 0.15) is 20.8 Å². The minimum absolute atomic E-state index is 0.0421. The molecule has 6 heteroatoms. The van der Waals surface area contributed by atoms with E-state index in [2.05, 4.69) is 33.9 Å². The van der Waals surface area contributed by atoms with Crippen molar-refractivity contribution in [1.29, 1.82) is 0 Å². The number of rotatable bonds is 3. The molecule has 3 nitrogen and oxygen atoms in total. The van der Waals surface area contributed by atoms with E-state index in [-0.39, 0.29) is 5.41 Å². The largest absolute Gasteiger partial charge is 0.549 e. The Morgan fingerprint density at radius 3 is 2.35 bits per heavy atom. The fraction of sp³-hybridized carbons (Fsp3) is 0.636. The number of hydrogen-bond donors (Lipinski definition) is 2. The monoisotopic (exact) mass is 272 g/mol. The number of thioether (sulfide) groups is 1. The van der Waals surface area contributed by atoms with Crippen LogP contribution in [0.15, 0.2) is 22.2 Å². The molecule has 0 bridgehead atoms. The summed E-state index contributed by atoms with van der Waals surface area (Å²) in [6.07, 6.45) is 1.85. The van der Waals surface area contributed by atoms with Gasteiger partial charge in [-0.25, -0.2) is 0 Å². The van der Waals surface area contributed by atoms with E-state index in [4.69, 9.17) is 14.5 Å². The zero-order chi connectivity index (χ0) is 13.2. The predicted molar refractivity (Wildman–Crippen MR) is 77.2 cm³/mol. The van der Waals surface area contributed by atoms with Gasteiger partial charge in [-0.3, -0.25) is 0 Å². The standard InChI is InChI=1S/C11H21BO3SSi/c1-11(2,3)10(15-17(4)5)8-6-9(12(13)14)16-7-8/h6,13-14,17H,7H2,1-5H3. The topological polar surface area (TPSA) is 49.7 Å². The van der Waals surface area contributed by atoms with Crippen molar-refractivity contribution < 1.29 is 14.5 Å². The Morgan fingerprint density at radius 1 is 1.41 bits per heavy atom. The van der Waals surface area contributed by atoms with Crippen LogP contribution in [0.2, 0.25) is 13.1 Å². The van der Waals surface area contributed by atoms with Crippen LogP contribution in [0.5, 0.6) is 0 Å². The quantitative estimate of drug-likeness (QED) is 0.609. The van der Waals surface area contributed by atoms with Crippen molar-refractivity contribution in [2.45, 2.75) is 33.9 Å². The van der Waals surface area contributed by atoms with Crippen LogP contribution in [-0.2, 0) is 4.43 Å². The average molecular weight is 272 g/mol. The average Bonchev–Trinajstić information content (AvgIpc) is 2.60. The number of hydrogen-bond acceptors (Lipinski definition) is 4. The summed E-state index contributed by atoms with van der Waals surface area (Å²) in [7, 11) is -2.52. The molecule has 0 radical (unpaired) electrons. The highest BCUT2D eigenvalue weighted by Crippen LogP contribution is 2.37. The van der Waals surface area contributed by atoms with Gasteiger partial charge in [0.25, 0.3) is 0 Å². The second-order valence-electron chi connectivity index (χ2n) is 5.48. The zero-order valence-corrected chi connectivity index (χ0v) is 13.1. The van der Waals surface area contributed by atoms with Crippen molar-refractivity contribution in [3.05, 3.63) is 22.2 Å². The maximum atomic E-state index is 9.15. The van der Waals surface area contributed by atoms with Crippen LogP contribution in [0, 0.1) is 5.41 Å². The van der Waals surface area contributed by atoms with E-state index in [0.717, 1.165) is 17.1 Å². The Labute approximate surface area is 110 Å². The third-order valence-electron chi connectivity index (χ3n) is 2.29. The van der Waals surface area contributed by atoms with Gasteiger partial charge in [-0.05, 0) is 24.7 Å².